The fourth-order valence-electron chi connectivity index (χ4n) is 2.09. The van der Waals surface area contributed by atoms with Crippen LogP contribution in [0.1, 0.15) is 12.0 Å². The number of benzene rings is 1. The molecule has 5 heteroatoms. The van der Waals surface area contributed by atoms with E-state index >= 15 is 0 Å². The van der Waals surface area contributed by atoms with Crippen LogP contribution in [-0.2, 0) is 11.3 Å². The van der Waals surface area contributed by atoms with Gasteiger partial charge in [-0.2, -0.15) is 0 Å². The third-order valence-corrected chi connectivity index (χ3v) is 3.14. The number of ether oxygens (including phenoxy) is 1. The maximum Gasteiger partial charge on any atom is 0.410 e. The van der Waals surface area contributed by atoms with Gasteiger partial charge in [0.1, 0.15) is 6.61 Å². The van der Waals surface area contributed by atoms with Crippen LogP contribution in [-0.4, -0.2) is 46.5 Å². The molecule has 98 valence electrons. The highest BCUT2D eigenvalue weighted by Gasteiger charge is 2.36. The van der Waals surface area contributed by atoms with Crippen molar-refractivity contribution in [1.82, 2.24) is 4.90 Å². The predicted molar refractivity (Wildman–Crippen MR) is 64.8 cm³/mol. The van der Waals surface area contributed by atoms with Gasteiger partial charge in [-0.1, -0.05) is 30.3 Å². The van der Waals surface area contributed by atoms with Crippen LogP contribution < -0.4 is 0 Å². The van der Waals surface area contributed by atoms with Crippen LogP contribution in [0.5, 0.6) is 0 Å². The first-order valence-corrected chi connectivity index (χ1v) is 5.98. The number of aliphatic hydroxyl groups is 2. The summed E-state index contributed by atoms with van der Waals surface area (Å²) < 4.78 is 5.16. The summed E-state index contributed by atoms with van der Waals surface area (Å²) in [7, 11) is 0. The van der Waals surface area contributed by atoms with Gasteiger partial charge in [-0.05, 0) is 12.0 Å². The van der Waals surface area contributed by atoms with Crippen molar-refractivity contribution in [2.24, 2.45) is 0 Å². The topological polar surface area (TPSA) is 70.0 Å². The zero-order valence-electron chi connectivity index (χ0n) is 10.0. The molecular weight excluding hydrogens is 234 g/mol. The van der Waals surface area contributed by atoms with Gasteiger partial charge in [0, 0.05) is 6.54 Å². The summed E-state index contributed by atoms with van der Waals surface area (Å²) in [6.07, 6.45) is -0.681. The molecule has 0 aromatic heterocycles. The molecule has 1 heterocycles. The van der Waals surface area contributed by atoms with Crippen molar-refractivity contribution < 1.29 is 19.7 Å². The lowest BCUT2D eigenvalue weighted by Gasteiger charge is -2.23. The van der Waals surface area contributed by atoms with Gasteiger partial charge in [0.05, 0.1) is 18.8 Å². The Balaban J connectivity index is 1.88. The van der Waals surface area contributed by atoms with E-state index in [1.165, 1.54) is 4.90 Å². The number of carbonyl (C=O) groups is 1. The molecule has 0 saturated carbocycles. The van der Waals surface area contributed by atoms with Crippen LogP contribution in [0.2, 0.25) is 0 Å². The molecule has 0 unspecified atom stereocenters. The molecule has 5 nitrogen and oxygen atoms in total. The van der Waals surface area contributed by atoms with Crippen molar-refractivity contribution in [3.8, 4) is 0 Å². The lowest BCUT2D eigenvalue weighted by molar-refractivity contribution is 0.0490. The summed E-state index contributed by atoms with van der Waals surface area (Å²) >= 11 is 0. The van der Waals surface area contributed by atoms with Crippen LogP contribution in [0.25, 0.3) is 0 Å². The highest BCUT2D eigenvalue weighted by molar-refractivity contribution is 5.68. The third-order valence-electron chi connectivity index (χ3n) is 3.14. The minimum absolute atomic E-state index is 0.199. The van der Waals surface area contributed by atoms with E-state index < -0.39 is 18.2 Å². The minimum Gasteiger partial charge on any atom is -0.445 e. The first-order valence-electron chi connectivity index (χ1n) is 5.98. The van der Waals surface area contributed by atoms with Crippen molar-refractivity contribution in [3.63, 3.8) is 0 Å². The Labute approximate surface area is 106 Å². The molecule has 2 N–H and O–H groups in total. The second kappa shape index (κ2) is 5.84. The molecule has 0 aliphatic carbocycles. The van der Waals surface area contributed by atoms with E-state index in [0.29, 0.717) is 13.0 Å². The second-order valence-corrected chi connectivity index (χ2v) is 4.34. The van der Waals surface area contributed by atoms with E-state index in [4.69, 9.17) is 9.84 Å². The van der Waals surface area contributed by atoms with E-state index in [1.807, 2.05) is 30.3 Å². The lowest BCUT2D eigenvalue weighted by Crippen LogP contribution is -2.42. The van der Waals surface area contributed by atoms with Gasteiger partial charge in [0.15, 0.2) is 0 Å². The van der Waals surface area contributed by atoms with Crippen LogP contribution in [0, 0.1) is 0 Å². The first kappa shape index (κ1) is 12.9. The zero-order valence-corrected chi connectivity index (χ0v) is 10.0. The number of hydrogen-bond acceptors (Lipinski definition) is 4. The summed E-state index contributed by atoms with van der Waals surface area (Å²) in [5.41, 5.74) is 0.908. The molecule has 0 spiro atoms. The summed E-state index contributed by atoms with van der Waals surface area (Å²) in [4.78, 5) is 13.2. The molecule has 2 atom stereocenters. The zero-order chi connectivity index (χ0) is 13.0. The van der Waals surface area contributed by atoms with Crippen LogP contribution in [0.15, 0.2) is 30.3 Å². The van der Waals surface area contributed by atoms with Crippen molar-refractivity contribution in [2.45, 2.75) is 25.2 Å². The molecule has 1 amide bonds. The van der Waals surface area contributed by atoms with Gasteiger partial charge in [-0.3, -0.25) is 0 Å². The molecule has 0 bridgehead atoms. The number of likely N-dealkylation sites (tertiary alicyclic amines) is 1. The van der Waals surface area contributed by atoms with E-state index in [0.717, 1.165) is 5.56 Å². The minimum atomic E-state index is -0.667. The monoisotopic (exact) mass is 251 g/mol. The largest absolute Gasteiger partial charge is 0.445 e. The highest BCUT2D eigenvalue weighted by atomic mass is 16.6. The van der Waals surface area contributed by atoms with Crippen LogP contribution in [0.3, 0.4) is 0 Å². The summed E-state index contributed by atoms with van der Waals surface area (Å²) in [5, 5.41) is 18.7. The van der Waals surface area contributed by atoms with E-state index in [2.05, 4.69) is 0 Å². The van der Waals surface area contributed by atoms with Crippen molar-refractivity contribution in [2.75, 3.05) is 13.2 Å². The quantitative estimate of drug-likeness (QED) is 0.831. The average Bonchev–Trinajstić information content (AvgIpc) is 2.78. The number of amides is 1. The Morgan fingerprint density at radius 2 is 2.11 bits per heavy atom. The highest BCUT2D eigenvalue weighted by Crippen LogP contribution is 2.19. The molecule has 1 saturated heterocycles. The Morgan fingerprint density at radius 1 is 1.39 bits per heavy atom. The Morgan fingerprint density at radius 3 is 2.78 bits per heavy atom. The van der Waals surface area contributed by atoms with Gasteiger partial charge in [-0.25, -0.2) is 4.79 Å². The van der Waals surface area contributed by atoms with Gasteiger partial charge in [0.25, 0.3) is 0 Å². The lowest BCUT2D eigenvalue weighted by atomic mass is 10.2. The molecular formula is C13H17NO4. The standard InChI is InChI=1S/C13H17NO4/c15-8-11-12(16)6-7-14(11)13(17)18-9-10-4-2-1-3-5-10/h1-5,11-12,15-16H,6-9H2/t11-,12-/m1/s1. The van der Waals surface area contributed by atoms with Crippen molar-refractivity contribution in [3.05, 3.63) is 35.9 Å². The fraction of sp³-hybridized carbons (Fsp3) is 0.462. The van der Waals surface area contributed by atoms with E-state index in [9.17, 15) is 9.90 Å². The Bertz CT molecular complexity index is 395. The normalized spacial score (nSPS) is 23.1. The molecule has 18 heavy (non-hydrogen) atoms. The third kappa shape index (κ3) is 2.80. The maximum absolute atomic E-state index is 11.8. The van der Waals surface area contributed by atoms with Gasteiger partial charge < -0.3 is 19.8 Å². The molecule has 1 aliphatic rings. The smallest absolute Gasteiger partial charge is 0.410 e. The van der Waals surface area contributed by atoms with E-state index in [-0.39, 0.29) is 13.2 Å². The van der Waals surface area contributed by atoms with Crippen LogP contribution >= 0.6 is 0 Å². The number of nitrogens with zero attached hydrogens (tertiary/aromatic N) is 1. The van der Waals surface area contributed by atoms with Crippen molar-refractivity contribution in [1.29, 1.82) is 0 Å². The second-order valence-electron chi connectivity index (χ2n) is 4.34. The van der Waals surface area contributed by atoms with Gasteiger partial charge >= 0.3 is 6.09 Å². The number of carbonyl (C=O) groups excluding carboxylic acids is 1. The number of aliphatic hydroxyl groups excluding tert-OH is 2. The molecule has 1 fully saturated rings. The molecule has 0 radical (unpaired) electrons. The maximum atomic E-state index is 11.8. The Hall–Kier alpha value is -1.59. The molecule has 1 aliphatic heterocycles. The molecule has 2 rings (SSSR count). The molecule has 1 aromatic rings. The predicted octanol–water partition coefficient (Wildman–Crippen LogP) is 0.751. The summed E-state index contributed by atoms with van der Waals surface area (Å²) in [5.74, 6) is 0. The average molecular weight is 251 g/mol. The number of hydrogen-bond donors (Lipinski definition) is 2. The first-order chi connectivity index (χ1) is 8.72. The molecule has 1 aromatic carbocycles. The fourth-order valence-corrected chi connectivity index (χ4v) is 2.09. The summed E-state index contributed by atoms with van der Waals surface area (Å²) in [6.45, 7) is 0.367. The summed E-state index contributed by atoms with van der Waals surface area (Å²) in [6, 6.07) is 8.83. The van der Waals surface area contributed by atoms with Gasteiger partial charge in [0.2, 0.25) is 0 Å². The number of rotatable bonds is 3. The van der Waals surface area contributed by atoms with E-state index in [1.54, 1.807) is 0 Å². The Kier molecular flexibility index (Phi) is 4.17. The SMILES string of the molecule is O=C(OCc1ccccc1)N1CC[C@@H](O)[C@H]1CO. The van der Waals surface area contributed by atoms with Crippen molar-refractivity contribution >= 4 is 6.09 Å². The van der Waals surface area contributed by atoms with Crippen LogP contribution in [0.4, 0.5) is 4.79 Å². The van der Waals surface area contributed by atoms with Gasteiger partial charge in [-0.15, -0.1) is 0 Å².